The van der Waals surface area contributed by atoms with Crippen molar-refractivity contribution >= 4 is 33.0 Å². The van der Waals surface area contributed by atoms with Crippen molar-refractivity contribution in [3.05, 3.63) is 52.4 Å². The fourth-order valence-electron chi connectivity index (χ4n) is 2.84. The molecule has 0 spiro atoms. The minimum atomic E-state index is -3.41. The summed E-state index contributed by atoms with van der Waals surface area (Å²) < 4.78 is 27.6. The van der Waals surface area contributed by atoms with E-state index in [0.29, 0.717) is 21.6 Å². The van der Waals surface area contributed by atoms with E-state index in [1.54, 1.807) is 16.4 Å². The molecule has 124 valence electrons. The van der Waals surface area contributed by atoms with E-state index in [2.05, 4.69) is 24.0 Å². The molecule has 1 atom stereocenters. The molecule has 23 heavy (non-hydrogen) atoms. The maximum Gasteiger partial charge on any atom is 0.252 e. The Balaban J connectivity index is 1.67. The molecule has 7 heteroatoms. The predicted molar refractivity (Wildman–Crippen MR) is 94.5 cm³/mol. The van der Waals surface area contributed by atoms with E-state index < -0.39 is 10.0 Å². The summed E-state index contributed by atoms with van der Waals surface area (Å²) in [6.45, 7) is 4.64. The second-order valence-electron chi connectivity index (χ2n) is 5.59. The van der Waals surface area contributed by atoms with Crippen LogP contribution >= 0.6 is 22.9 Å². The molecule has 0 bridgehead atoms. The second-order valence-corrected chi connectivity index (χ2v) is 9.47. The van der Waals surface area contributed by atoms with Gasteiger partial charge in [0, 0.05) is 32.2 Å². The lowest BCUT2D eigenvalue weighted by molar-refractivity contribution is 0.146. The number of rotatable bonds is 4. The highest BCUT2D eigenvalue weighted by Crippen LogP contribution is 2.29. The maximum atomic E-state index is 12.6. The van der Waals surface area contributed by atoms with Gasteiger partial charge in [-0.2, -0.15) is 4.31 Å². The predicted octanol–water partition coefficient (Wildman–Crippen LogP) is 3.47. The van der Waals surface area contributed by atoms with Gasteiger partial charge in [0.1, 0.15) is 4.21 Å². The molecule has 1 aromatic heterocycles. The van der Waals surface area contributed by atoms with Crippen LogP contribution in [0.1, 0.15) is 18.5 Å². The van der Waals surface area contributed by atoms with Gasteiger partial charge in [-0.25, -0.2) is 8.42 Å². The zero-order valence-corrected chi connectivity index (χ0v) is 15.2. The molecule has 0 amide bonds. The van der Waals surface area contributed by atoms with Crippen molar-refractivity contribution in [3.8, 4) is 0 Å². The number of hydrogen-bond donors (Lipinski definition) is 0. The van der Waals surface area contributed by atoms with Crippen LogP contribution in [-0.2, 0) is 10.0 Å². The van der Waals surface area contributed by atoms with Crippen LogP contribution in [0, 0.1) is 0 Å². The van der Waals surface area contributed by atoms with E-state index in [1.807, 2.05) is 18.2 Å². The summed E-state index contributed by atoms with van der Waals surface area (Å²) >= 11 is 6.98. The molecule has 2 aromatic rings. The van der Waals surface area contributed by atoms with Crippen molar-refractivity contribution in [3.63, 3.8) is 0 Å². The smallest absolute Gasteiger partial charge is 0.252 e. The Morgan fingerprint density at radius 2 is 1.70 bits per heavy atom. The van der Waals surface area contributed by atoms with Gasteiger partial charge < -0.3 is 0 Å². The normalized spacial score (nSPS) is 18.9. The zero-order valence-electron chi connectivity index (χ0n) is 12.9. The Bertz CT molecular complexity index is 753. The molecule has 1 aromatic carbocycles. The van der Waals surface area contributed by atoms with Gasteiger partial charge in [-0.15, -0.1) is 11.3 Å². The first-order valence-electron chi connectivity index (χ1n) is 7.53. The summed E-state index contributed by atoms with van der Waals surface area (Å²) in [5.74, 6) is 0. The lowest BCUT2D eigenvalue weighted by Gasteiger charge is -2.37. The van der Waals surface area contributed by atoms with Crippen LogP contribution < -0.4 is 0 Å². The minimum absolute atomic E-state index is 0.289. The number of nitrogens with zero attached hydrogens (tertiary/aromatic N) is 2. The molecule has 0 aliphatic carbocycles. The van der Waals surface area contributed by atoms with Crippen LogP contribution in [0.15, 0.2) is 46.7 Å². The Hall–Kier alpha value is -0.920. The van der Waals surface area contributed by atoms with Gasteiger partial charge in [-0.1, -0.05) is 41.9 Å². The van der Waals surface area contributed by atoms with Crippen LogP contribution in [-0.4, -0.2) is 43.8 Å². The second kappa shape index (κ2) is 6.91. The molecule has 1 saturated heterocycles. The molecule has 3 rings (SSSR count). The van der Waals surface area contributed by atoms with E-state index >= 15 is 0 Å². The van der Waals surface area contributed by atoms with Gasteiger partial charge in [0.05, 0.1) is 4.34 Å². The molecule has 4 nitrogen and oxygen atoms in total. The fourth-order valence-corrected chi connectivity index (χ4v) is 5.90. The Kier molecular flexibility index (Phi) is 5.08. The number of benzene rings is 1. The van der Waals surface area contributed by atoms with Crippen molar-refractivity contribution in [2.24, 2.45) is 0 Å². The first-order valence-corrected chi connectivity index (χ1v) is 10.2. The Morgan fingerprint density at radius 1 is 1.04 bits per heavy atom. The molecule has 0 N–H and O–H groups in total. The Labute approximate surface area is 146 Å². The number of thiophene rings is 1. The van der Waals surface area contributed by atoms with Crippen LogP contribution in [0.4, 0.5) is 0 Å². The van der Waals surface area contributed by atoms with Crippen molar-refractivity contribution in [1.82, 2.24) is 9.21 Å². The summed E-state index contributed by atoms with van der Waals surface area (Å²) in [5, 5.41) is 0. The third kappa shape index (κ3) is 3.61. The van der Waals surface area contributed by atoms with Crippen LogP contribution in [0.3, 0.4) is 0 Å². The lowest BCUT2D eigenvalue weighted by Crippen LogP contribution is -2.49. The Morgan fingerprint density at radius 3 is 2.26 bits per heavy atom. The molecule has 1 aliphatic rings. The number of piperazine rings is 1. The largest absolute Gasteiger partial charge is 0.294 e. The van der Waals surface area contributed by atoms with E-state index in [4.69, 9.17) is 11.6 Å². The molecule has 1 fully saturated rings. The molecule has 0 radical (unpaired) electrons. The standard InChI is InChI=1S/C16H19ClN2O2S2/c1-13(14-5-3-2-4-6-14)18-9-11-19(12-10-18)23(20,21)16-8-7-15(17)22-16/h2-8,13H,9-12H2,1H3/t13-/m0/s1. The van der Waals surface area contributed by atoms with Crippen molar-refractivity contribution in [1.29, 1.82) is 0 Å². The van der Waals surface area contributed by atoms with Gasteiger partial charge in [0.2, 0.25) is 0 Å². The highest BCUT2D eigenvalue weighted by molar-refractivity contribution is 7.91. The molecule has 2 heterocycles. The lowest BCUT2D eigenvalue weighted by atomic mass is 10.1. The van der Waals surface area contributed by atoms with Crippen molar-refractivity contribution in [2.45, 2.75) is 17.2 Å². The summed E-state index contributed by atoms with van der Waals surface area (Å²) in [7, 11) is -3.41. The van der Waals surface area contributed by atoms with Gasteiger partial charge >= 0.3 is 0 Å². The third-order valence-electron chi connectivity index (χ3n) is 4.25. The van der Waals surface area contributed by atoms with Crippen LogP contribution in [0.25, 0.3) is 0 Å². The highest BCUT2D eigenvalue weighted by atomic mass is 35.5. The first kappa shape index (κ1) is 16.9. The fraction of sp³-hybridized carbons (Fsp3) is 0.375. The van der Waals surface area contributed by atoms with Crippen LogP contribution in [0.2, 0.25) is 4.34 Å². The van der Waals surface area contributed by atoms with Crippen molar-refractivity contribution in [2.75, 3.05) is 26.2 Å². The molecular formula is C16H19ClN2O2S2. The molecule has 0 unspecified atom stereocenters. The third-order valence-corrected chi connectivity index (χ3v) is 7.84. The summed E-state index contributed by atoms with van der Waals surface area (Å²) in [6, 6.07) is 13.8. The van der Waals surface area contributed by atoms with E-state index in [9.17, 15) is 8.42 Å². The molecule has 1 aliphatic heterocycles. The van der Waals surface area contributed by atoms with Gasteiger partial charge in [0.15, 0.2) is 0 Å². The summed E-state index contributed by atoms with van der Waals surface area (Å²) in [6.07, 6.45) is 0. The van der Waals surface area contributed by atoms with Crippen LogP contribution in [0.5, 0.6) is 0 Å². The van der Waals surface area contributed by atoms with E-state index in [0.717, 1.165) is 24.4 Å². The first-order chi connectivity index (χ1) is 11.0. The van der Waals surface area contributed by atoms with Gasteiger partial charge in [-0.3, -0.25) is 4.90 Å². The van der Waals surface area contributed by atoms with Gasteiger partial charge in [-0.05, 0) is 24.6 Å². The average Bonchev–Trinajstić information content (AvgIpc) is 3.02. The maximum absolute atomic E-state index is 12.6. The average molecular weight is 371 g/mol. The van der Waals surface area contributed by atoms with E-state index in [-0.39, 0.29) is 6.04 Å². The molecular weight excluding hydrogens is 352 g/mol. The zero-order chi connectivity index (χ0) is 16.4. The van der Waals surface area contributed by atoms with E-state index in [1.165, 1.54) is 5.56 Å². The molecule has 0 saturated carbocycles. The SMILES string of the molecule is C[C@@H](c1ccccc1)N1CCN(S(=O)(=O)c2ccc(Cl)s2)CC1. The highest BCUT2D eigenvalue weighted by Gasteiger charge is 2.31. The summed E-state index contributed by atoms with van der Waals surface area (Å²) in [4.78, 5) is 2.32. The monoisotopic (exact) mass is 370 g/mol. The minimum Gasteiger partial charge on any atom is -0.294 e. The quantitative estimate of drug-likeness (QED) is 0.827. The van der Waals surface area contributed by atoms with Gasteiger partial charge in [0.25, 0.3) is 10.0 Å². The number of halogens is 1. The number of sulfonamides is 1. The number of hydrogen-bond acceptors (Lipinski definition) is 4. The van der Waals surface area contributed by atoms with Crippen molar-refractivity contribution < 1.29 is 8.42 Å². The summed E-state index contributed by atoms with van der Waals surface area (Å²) in [5.41, 5.74) is 1.26. The topological polar surface area (TPSA) is 40.6 Å².